The van der Waals surface area contributed by atoms with Crippen LogP contribution >= 0.6 is 23.4 Å². The third-order valence-corrected chi connectivity index (χ3v) is 7.96. The number of nitrogens with one attached hydrogen (secondary N) is 3. The highest BCUT2D eigenvalue weighted by molar-refractivity contribution is 8.00. The van der Waals surface area contributed by atoms with Gasteiger partial charge in [0.15, 0.2) is 0 Å². The third-order valence-electron chi connectivity index (χ3n) is 6.61. The molecule has 0 saturated carbocycles. The number of methoxy groups -OCH3 is 2. The van der Waals surface area contributed by atoms with E-state index in [1.54, 1.807) is 79.7 Å². The number of thioether (sulfide) groups is 1. The molecule has 47 heavy (non-hydrogen) atoms. The maximum absolute atomic E-state index is 13.4. The molecule has 0 aliphatic heterocycles. The average molecular weight is 684 g/mol. The Morgan fingerprint density at radius 1 is 0.872 bits per heavy atom. The average Bonchev–Trinajstić information content (AvgIpc) is 3.06. The van der Waals surface area contributed by atoms with Crippen LogP contribution in [-0.2, 0) is 15.8 Å². The largest absolute Gasteiger partial charge is 0.497 e. The summed E-state index contributed by atoms with van der Waals surface area (Å²) < 4.78 is 51.0. The molecule has 0 heterocycles. The molecule has 0 aliphatic rings. The minimum Gasteiger partial charge on any atom is -0.497 e. The van der Waals surface area contributed by atoms with Crippen molar-refractivity contribution < 1.29 is 37.0 Å². The molecule has 3 N–H and O–H groups in total. The second-order valence-electron chi connectivity index (χ2n) is 9.90. The van der Waals surface area contributed by atoms with E-state index in [2.05, 4.69) is 16.0 Å². The van der Waals surface area contributed by atoms with Gasteiger partial charge in [-0.25, -0.2) is 0 Å². The number of anilines is 2. The van der Waals surface area contributed by atoms with Crippen LogP contribution in [0.1, 0.15) is 28.4 Å². The first-order chi connectivity index (χ1) is 22.4. The van der Waals surface area contributed by atoms with Crippen molar-refractivity contribution in [3.63, 3.8) is 0 Å². The maximum Gasteiger partial charge on any atom is 0.418 e. The quantitative estimate of drug-likeness (QED) is 0.110. The van der Waals surface area contributed by atoms with Crippen LogP contribution in [0.3, 0.4) is 0 Å². The minimum atomic E-state index is -4.70. The van der Waals surface area contributed by atoms with Crippen LogP contribution in [0.2, 0.25) is 5.02 Å². The third kappa shape index (κ3) is 9.53. The molecule has 4 rings (SSSR count). The second-order valence-corrected chi connectivity index (χ2v) is 11.8. The molecule has 4 aromatic carbocycles. The van der Waals surface area contributed by atoms with Crippen molar-refractivity contribution in [1.29, 1.82) is 0 Å². The Labute approximate surface area is 278 Å². The van der Waals surface area contributed by atoms with Gasteiger partial charge in [-0.15, -0.1) is 11.8 Å². The summed E-state index contributed by atoms with van der Waals surface area (Å²) in [5.41, 5.74) is -0.271. The molecule has 8 nitrogen and oxygen atoms in total. The molecule has 4 aromatic rings. The van der Waals surface area contributed by atoms with Gasteiger partial charge < -0.3 is 25.4 Å². The highest BCUT2D eigenvalue weighted by atomic mass is 35.5. The Bertz CT molecular complexity index is 1780. The first-order valence-electron chi connectivity index (χ1n) is 13.9. The van der Waals surface area contributed by atoms with Gasteiger partial charge in [0.2, 0.25) is 5.91 Å². The number of benzene rings is 4. The van der Waals surface area contributed by atoms with Gasteiger partial charge in [-0.05, 0) is 79.7 Å². The topological polar surface area (TPSA) is 106 Å². The lowest BCUT2D eigenvalue weighted by molar-refractivity contribution is -0.137. The van der Waals surface area contributed by atoms with Crippen LogP contribution in [0.15, 0.2) is 102 Å². The first-order valence-corrected chi connectivity index (χ1v) is 15.2. The summed E-state index contributed by atoms with van der Waals surface area (Å²) in [4.78, 5) is 39.8. The van der Waals surface area contributed by atoms with Crippen LogP contribution < -0.4 is 25.4 Å². The fourth-order valence-corrected chi connectivity index (χ4v) is 5.24. The lowest BCUT2D eigenvalue weighted by atomic mass is 10.1. The molecule has 0 spiro atoms. The smallest absolute Gasteiger partial charge is 0.418 e. The maximum atomic E-state index is 13.4. The van der Waals surface area contributed by atoms with Gasteiger partial charge in [0, 0.05) is 32.8 Å². The molecule has 244 valence electrons. The highest BCUT2D eigenvalue weighted by Crippen LogP contribution is 2.37. The molecule has 0 radical (unpaired) electrons. The molecular weight excluding hydrogens is 655 g/mol. The van der Waals surface area contributed by atoms with Crippen LogP contribution in [-0.4, -0.2) is 37.2 Å². The van der Waals surface area contributed by atoms with Crippen LogP contribution in [0.25, 0.3) is 6.08 Å². The van der Waals surface area contributed by atoms with Crippen LogP contribution in [0.5, 0.6) is 11.5 Å². The summed E-state index contributed by atoms with van der Waals surface area (Å²) >= 11 is 6.83. The van der Waals surface area contributed by atoms with Crippen LogP contribution in [0, 0.1) is 0 Å². The van der Waals surface area contributed by atoms with E-state index in [0.29, 0.717) is 33.2 Å². The van der Waals surface area contributed by atoms with Gasteiger partial charge in [-0.1, -0.05) is 29.8 Å². The lowest BCUT2D eigenvalue weighted by Crippen LogP contribution is -2.30. The molecule has 0 bridgehead atoms. The molecule has 1 atom stereocenters. The Balaban J connectivity index is 1.48. The van der Waals surface area contributed by atoms with Crippen molar-refractivity contribution in [2.75, 3.05) is 24.9 Å². The fourth-order valence-electron chi connectivity index (χ4n) is 4.20. The molecule has 3 amide bonds. The summed E-state index contributed by atoms with van der Waals surface area (Å²) in [7, 11) is 2.98. The molecule has 0 aliphatic carbocycles. The van der Waals surface area contributed by atoms with E-state index in [9.17, 15) is 27.6 Å². The van der Waals surface area contributed by atoms with E-state index in [0.717, 1.165) is 23.9 Å². The van der Waals surface area contributed by atoms with E-state index in [-0.39, 0.29) is 10.7 Å². The molecule has 0 fully saturated rings. The van der Waals surface area contributed by atoms with Gasteiger partial charge in [0.25, 0.3) is 11.8 Å². The lowest BCUT2D eigenvalue weighted by Gasteiger charge is -2.17. The Hall–Kier alpha value is -4.94. The first kappa shape index (κ1) is 34.9. The van der Waals surface area contributed by atoms with E-state index < -0.39 is 40.4 Å². The van der Waals surface area contributed by atoms with E-state index in [1.165, 1.54) is 26.4 Å². The Morgan fingerprint density at radius 3 is 2.21 bits per heavy atom. The molecular formula is C34H29ClF3N3O5S. The number of hydrogen-bond donors (Lipinski definition) is 3. The normalized spacial score (nSPS) is 12.1. The predicted molar refractivity (Wildman–Crippen MR) is 177 cm³/mol. The highest BCUT2D eigenvalue weighted by Gasteiger charge is 2.34. The monoisotopic (exact) mass is 683 g/mol. The number of carbonyl (C=O) groups is 3. The summed E-state index contributed by atoms with van der Waals surface area (Å²) in [6.45, 7) is 1.55. The predicted octanol–water partition coefficient (Wildman–Crippen LogP) is 7.90. The fraction of sp³-hybridized carbons (Fsp3) is 0.147. The summed E-state index contributed by atoms with van der Waals surface area (Å²) in [5.74, 6) is -0.811. The van der Waals surface area contributed by atoms with Gasteiger partial charge in [-0.3, -0.25) is 14.4 Å². The molecule has 13 heteroatoms. The van der Waals surface area contributed by atoms with Gasteiger partial charge >= 0.3 is 6.18 Å². The summed E-state index contributed by atoms with van der Waals surface area (Å²) in [5, 5.41) is 6.86. The van der Waals surface area contributed by atoms with Crippen molar-refractivity contribution >= 4 is 58.5 Å². The van der Waals surface area contributed by atoms with Crippen molar-refractivity contribution in [1.82, 2.24) is 5.32 Å². The number of hydrogen-bond acceptors (Lipinski definition) is 6. The zero-order chi connectivity index (χ0) is 34.1. The van der Waals surface area contributed by atoms with Gasteiger partial charge in [0.05, 0.1) is 30.7 Å². The molecule has 0 aromatic heterocycles. The Morgan fingerprint density at radius 2 is 1.57 bits per heavy atom. The van der Waals surface area contributed by atoms with Gasteiger partial charge in [0.1, 0.15) is 17.2 Å². The number of alkyl halides is 3. The number of amides is 3. The van der Waals surface area contributed by atoms with Crippen molar-refractivity contribution in [2.45, 2.75) is 23.2 Å². The van der Waals surface area contributed by atoms with Crippen LogP contribution in [0.4, 0.5) is 24.5 Å². The van der Waals surface area contributed by atoms with Gasteiger partial charge in [-0.2, -0.15) is 13.2 Å². The second kappa shape index (κ2) is 15.6. The number of carbonyl (C=O) groups excluding carboxylic acids is 3. The zero-order valence-corrected chi connectivity index (χ0v) is 26.8. The Kier molecular flexibility index (Phi) is 11.6. The van der Waals surface area contributed by atoms with E-state index >= 15 is 0 Å². The zero-order valence-electron chi connectivity index (χ0n) is 25.3. The van der Waals surface area contributed by atoms with Crippen molar-refractivity contribution in [3.8, 4) is 11.5 Å². The number of ether oxygens (including phenoxy) is 2. The number of halogens is 4. The van der Waals surface area contributed by atoms with Crippen molar-refractivity contribution in [3.05, 3.63) is 118 Å². The molecule has 1 unspecified atom stereocenters. The van der Waals surface area contributed by atoms with Crippen molar-refractivity contribution in [2.24, 2.45) is 0 Å². The van der Waals surface area contributed by atoms with E-state index in [1.807, 2.05) is 0 Å². The standard InChI is InChI=1S/C34H29ClF3N3O5S/c1-20(31(42)40-28-16-10-23(35)18-27(28)34(36,37)38)47-26-14-11-24(12-15-26)39-33(44)29(41-32(43)21-7-5-4-6-8-21)17-22-9-13-25(45-2)19-30(22)46-3/h4-20H,1-3H3,(H,39,44)(H,40,42)(H,41,43)/b29-17-. The number of rotatable bonds is 11. The summed E-state index contributed by atoms with van der Waals surface area (Å²) in [6.07, 6.45) is -3.23. The summed E-state index contributed by atoms with van der Waals surface area (Å²) in [6, 6.07) is 23.0. The molecule has 0 saturated heterocycles. The minimum absolute atomic E-state index is 0.0634. The SMILES string of the molecule is COc1ccc(/C=C(\NC(=O)c2ccccc2)C(=O)Nc2ccc(SC(C)C(=O)Nc3ccc(Cl)cc3C(F)(F)F)cc2)c(OC)c1. The van der Waals surface area contributed by atoms with E-state index in [4.69, 9.17) is 21.1 Å².